The predicted octanol–water partition coefficient (Wildman–Crippen LogP) is 1.82. The maximum Gasteiger partial charge on any atom is 0.323 e. The average Bonchev–Trinajstić information content (AvgIpc) is 2.41. The number of hydrogen-bond acceptors (Lipinski definition) is 7. The van der Waals surface area contributed by atoms with E-state index in [0.717, 1.165) is 18.6 Å². The molecule has 0 fully saturated rings. The Morgan fingerprint density at radius 1 is 1.32 bits per heavy atom. The second-order valence-corrected chi connectivity index (χ2v) is 5.16. The van der Waals surface area contributed by atoms with Gasteiger partial charge in [-0.2, -0.15) is 26.7 Å². The number of hydrogen-bond donors (Lipinski definition) is 1. The van der Waals surface area contributed by atoms with Crippen LogP contribution >= 0.6 is 11.8 Å². The van der Waals surface area contributed by atoms with Crippen molar-refractivity contribution >= 4 is 23.7 Å². The zero-order valence-corrected chi connectivity index (χ0v) is 12.9. The van der Waals surface area contributed by atoms with E-state index in [4.69, 9.17) is 10.5 Å². The Labute approximate surface area is 119 Å². The molecule has 0 saturated heterocycles. The van der Waals surface area contributed by atoms with Crippen LogP contribution in [0.15, 0.2) is 0 Å². The topological polar surface area (TPSA) is 77.2 Å². The highest BCUT2D eigenvalue weighted by Gasteiger charge is 2.17. The maximum absolute atomic E-state index is 5.71. The summed E-state index contributed by atoms with van der Waals surface area (Å²) in [4.78, 5) is 14.5. The summed E-state index contributed by atoms with van der Waals surface area (Å²) in [5.41, 5.74) is 5.71. The molecule has 2 N–H and O–H groups in total. The van der Waals surface area contributed by atoms with Gasteiger partial charge in [-0.3, -0.25) is 0 Å². The second kappa shape index (κ2) is 8.04. The first-order chi connectivity index (χ1) is 9.12. The van der Waals surface area contributed by atoms with Crippen molar-refractivity contribution in [2.45, 2.75) is 32.7 Å². The third-order valence-corrected chi connectivity index (χ3v) is 3.47. The second-order valence-electron chi connectivity index (χ2n) is 4.25. The maximum atomic E-state index is 5.71. The van der Waals surface area contributed by atoms with Gasteiger partial charge in [0.15, 0.2) is 0 Å². The van der Waals surface area contributed by atoms with Crippen LogP contribution in [0.3, 0.4) is 0 Å². The summed E-state index contributed by atoms with van der Waals surface area (Å²) in [5.74, 6) is 1.78. The summed E-state index contributed by atoms with van der Waals surface area (Å²) in [6.45, 7) is 4.76. The van der Waals surface area contributed by atoms with E-state index in [2.05, 4.69) is 28.1 Å². The molecule has 1 atom stereocenters. The fourth-order valence-electron chi connectivity index (χ4n) is 1.64. The van der Waals surface area contributed by atoms with Crippen LogP contribution in [0.1, 0.15) is 26.7 Å². The Kier molecular flexibility index (Phi) is 6.69. The van der Waals surface area contributed by atoms with Gasteiger partial charge in [-0.05, 0) is 19.1 Å². The third-order valence-electron chi connectivity index (χ3n) is 2.75. The molecule has 19 heavy (non-hydrogen) atoms. The van der Waals surface area contributed by atoms with Crippen molar-refractivity contribution in [1.82, 2.24) is 15.0 Å². The van der Waals surface area contributed by atoms with E-state index in [9.17, 15) is 0 Å². The number of nitrogens with two attached hydrogens (primary N) is 1. The van der Waals surface area contributed by atoms with E-state index < -0.39 is 0 Å². The van der Waals surface area contributed by atoms with Gasteiger partial charge in [-0.25, -0.2) is 0 Å². The highest BCUT2D eigenvalue weighted by Crippen LogP contribution is 2.17. The molecule has 1 aromatic rings. The largest absolute Gasteiger partial charge is 0.463 e. The molecule has 0 aliphatic carbocycles. The van der Waals surface area contributed by atoms with Gasteiger partial charge in [0.05, 0.1) is 6.61 Å². The minimum Gasteiger partial charge on any atom is -0.463 e. The SMILES string of the molecule is CCCOc1nc(N)nc(N(C)C(CC)CSC)n1. The van der Waals surface area contributed by atoms with Crippen molar-refractivity contribution in [2.75, 3.05) is 36.3 Å². The summed E-state index contributed by atoms with van der Waals surface area (Å²) in [6, 6.07) is 0.672. The standard InChI is InChI=1S/C12H23N5OS/c1-5-7-18-12-15-10(13)14-11(16-12)17(3)9(6-2)8-19-4/h9H,5-8H2,1-4H3,(H2,13,14,15,16). The molecular formula is C12H23N5OS. The van der Waals surface area contributed by atoms with Crippen molar-refractivity contribution in [1.29, 1.82) is 0 Å². The molecule has 0 aliphatic rings. The minimum absolute atomic E-state index is 0.196. The number of ether oxygens (including phenoxy) is 1. The molecule has 108 valence electrons. The smallest absolute Gasteiger partial charge is 0.323 e. The Morgan fingerprint density at radius 3 is 2.63 bits per heavy atom. The predicted molar refractivity (Wildman–Crippen MR) is 80.9 cm³/mol. The Hall–Kier alpha value is -1.24. The number of thioether (sulfide) groups is 1. The van der Waals surface area contributed by atoms with Crippen molar-refractivity contribution in [2.24, 2.45) is 0 Å². The molecule has 0 spiro atoms. The quantitative estimate of drug-likeness (QED) is 0.780. The fraction of sp³-hybridized carbons (Fsp3) is 0.750. The fourth-order valence-corrected chi connectivity index (χ4v) is 2.48. The monoisotopic (exact) mass is 285 g/mol. The zero-order chi connectivity index (χ0) is 14.3. The lowest BCUT2D eigenvalue weighted by atomic mass is 10.2. The van der Waals surface area contributed by atoms with Crippen LogP contribution in [0.4, 0.5) is 11.9 Å². The van der Waals surface area contributed by atoms with Crippen LogP contribution in [0.2, 0.25) is 0 Å². The first kappa shape index (κ1) is 15.8. The number of aromatic nitrogens is 3. The third kappa shape index (κ3) is 4.74. The van der Waals surface area contributed by atoms with Gasteiger partial charge in [-0.15, -0.1) is 0 Å². The molecule has 1 aromatic heterocycles. The van der Waals surface area contributed by atoms with Gasteiger partial charge in [-0.1, -0.05) is 13.8 Å². The lowest BCUT2D eigenvalue weighted by molar-refractivity contribution is 0.292. The molecule has 0 aromatic carbocycles. The zero-order valence-electron chi connectivity index (χ0n) is 12.1. The molecule has 1 heterocycles. The molecule has 0 radical (unpaired) electrons. The van der Waals surface area contributed by atoms with Gasteiger partial charge < -0.3 is 15.4 Å². The molecule has 0 bridgehead atoms. The van der Waals surface area contributed by atoms with Crippen LogP contribution in [0, 0.1) is 0 Å². The van der Waals surface area contributed by atoms with Gasteiger partial charge in [0, 0.05) is 18.8 Å². The van der Waals surface area contributed by atoms with Gasteiger partial charge in [0.2, 0.25) is 11.9 Å². The van der Waals surface area contributed by atoms with Crippen LogP contribution in [0.5, 0.6) is 6.01 Å². The summed E-state index contributed by atoms with van der Waals surface area (Å²) in [7, 11) is 1.97. The van der Waals surface area contributed by atoms with Gasteiger partial charge >= 0.3 is 6.01 Å². The molecule has 0 aliphatic heterocycles. The number of nitrogens with zero attached hydrogens (tertiary/aromatic N) is 4. The van der Waals surface area contributed by atoms with Crippen LogP contribution in [0.25, 0.3) is 0 Å². The van der Waals surface area contributed by atoms with Crippen molar-refractivity contribution in [3.05, 3.63) is 0 Å². The first-order valence-corrected chi connectivity index (χ1v) is 7.87. The Bertz CT molecular complexity index is 390. The normalized spacial score (nSPS) is 12.2. The molecule has 6 nitrogen and oxygen atoms in total. The van der Waals surface area contributed by atoms with E-state index in [-0.39, 0.29) is 5.95 Å². The van der Waals surface area contributed by atoms with Crippen LogP contribution in [-0.2, 0) is 0 Å². The lowest BCUT2D eigenvalue weighted by Crippen LogP contribution is -2.34. The Morgan fingerprint density at radius 2 is 2.05 bits per heavy atom. The summed E-state index contributed by atoms with van der Waals surface area (Å²) >= 11 is 1.80. The van der Waals surface area contributed by atoms with E-state index in [1.54, 1.807) is 11.8 Å². The molecular weight excluding hydrogens is 262 g/mol. The number of rotatable bonds is 8. The highest BCUT2D eigenvalue weighted by molar-refractivity contribution is 7.98. The summed E-state index contributed by atoms with van der Waals surface area (Å²) < 4.78 is 5.43. The van der Waals surface area contributed by atoms with Crippen LogP contribution < -0.4 is 15.4 Å². The molecule has 0 amide bonds. The molecule has 1 rings (SSSR count). The van der Waals surface area contributed by atoms with Crippen molar-refractivity contribution in [3.8, 4) is 6.01 Å². The minimum atomic E-state index is 0.196. The molecule has 0 saturated carbocycles. The van der Waals surface area contributed by atoms with E-state index in [1.807, 2.05) is 18.9 Å². The lowest BCUT2D eigenvalue weighted by Gasteiger charge is -2.26. The highest BCUT2D eigenvalue weighted by atomic mass is 32.2. The molecule has 1 unspecified atom stereocenters. The summed E-state index contributed by atoms with van der Waals surface area (Å²) in [6.07, 6.45) is 4.02. The van der Waals surface area contributed by atoms with Crippen molar-refractivity contribution in [3.63, 3.8) is 0 Å². The summed E-state index contributed by atoms with van der Waals surface area (Å²) in [5, 5.41) is 0. The first-order valence-electron chi connectivity index (χ1n) is 6.48. The number of anilines is 2. The average molecular weight is 285 g/mol. The molecule has 7 heteroatoms. The van der Waals surface area contributed by atoms with Gasteiger partial charge in [0.25, 0.3) is 0 Å². The Balaban J connectivity index is 2.88. The van der Waals surface area contributed by atoms with E-state index >= 15 is 0 Å². The number of nitrogen functional groups attached to an aromatic ring is 1. The van der Waals surface area contributed by atoms with E-state index in [0.29, 0.717) is 24.6 Å². The van der Waals surface area contributed by atoms with E-state index in [1.165, 1.54) is 0 Å². The van der Waals surface area contributed by atoms with Crippen molar-refractivity contribution < 1.29 is 4.74 Å². The van der Waals surface area contributed by atoms with Crippen LogP contribution in [-0.4, -0.2) is 46.7 Å². The van der Waals surface area contributed by atoms with Gasteiger partial charge in [0.1, 0.15) is 0 Å².